The summed E-state index contributed by atoms with van der Waals surface area (Å²) in [5, 5.41) is 15.5. The summed E-state index contributed by atoms with van der Waals surface area (Å²) in [5.41, 5.74) is 4.17. The van der Waals surface area contributed by atoms with Gasteiger partial charge in [-0.1, -0.05) is 82.1 Å². The Labute approximate surface area is 258 Å². The molecule has 5 nitrogen and oxygen atoms in total. The van der Waals surface area contributed by atoms with Crippen LogP contribution in [0.5, 0.6) is 11.5 Å². The molecule has 5 aromatic rings. The fraction of sp³-hybridized carbons (Fsp3) is 0.0857. The lowest BCUT2D eigenvalue weighted by Crippen LogP contribution is -2.13. The van der Waals surface area contributed by atoms with Crippen molar-refractivity contribution < 1.29 is 14.3 Å². The molecule has 7 heteroatoms. The highest BCUT2D eigenvalue weighted by Crippen LogP contribution is 2.29. The molecule has 42 heavy (non-hydrogen) atoms. The third-order valence-corrected chi connectivity index (χ3v) is 7.61. The molecule has 0 bridgehead atoms. The Bertz CT molecular complexity index is 1830. The number of ether oxygens (including phenoxy) is 2. The first kappa shape index (κ1) is 28.9. The molecule has 1 amide bonds. The van der Waals surface area contributed by atoms with Gasteiger partial charge in [0.05, 0.1) is 0 Å². The molecule has 0 radical (unpaired) electrons. The molecular weight excluding hydrogens is 612 g/mol. The first-order valence-corrected chi connectivity index (χ1v) is 14.4. The van der Waals surface area contributed by atoms with E-state index < -0.39 is 5.91 Å². The summed E-state index contributed by atoms with van der Waals surface area (Å²) in [4.78, 5) is 13.0. The summed E-state index contributed by atoms with van der Waals surface area (Å²) in [7, 11) is 0. The number of nitriles is 1. The molecule has 5 rings (SSSR count). The molecule has 0 aromatic heterocycles. The minimum Gasteiger partial charge on any atom is -0.489 e. The molecule has 0 unspecified atom stereocenters. The zero-order valence-electron chi connectivity index (χ0n) is 22.7. The Morgan fingerprint density at radius 1 is 0.929 bits per heavy atom. The Balaban J connectivity index is 1.29. The number of amides is 1. The quantitative estimate of drug-likeness (QED) is 0.129. The van der Waals surface area contributed by atoms with Crippen molar-refractivity contribution in [1.29, 1.82) is 5.26 Å². The van der Waals surface area contributed by atoms with E-state index in [9.17, 15) is 10.1 Å². The molecule has 0 aliphatic carbocycles. The molecule has 208 valence electrons. The van der Waals surface area contributed by atoms with E-state index in [-0.39, 0.29) is 5.57 Å². The van der Waals surface area contributed by atoms with Crippen LogP contribution in [0.1, 0.15) is 22.3 Å². The van der Waals surface area contributed by atoms with Crippen molar-refractivity contribution >= 4 is 56.0 Å². The summed E-state index contributed by atoms with van der Waals surface area (Å²) in [6.07, 6.45) is 1.53. The first-order chi connectivity index (χ1) is 20.4. The standard InChI is InChI=1S/C35H26BrClN2O3/c1-23-10-11-24-6-2-4-8-31(24)32(23)22-42-34-17-12-28(36)19-26(34)18-27(20-38)35(40)39-29-13-15-30(16-14-29)41-21-25-7-3-5-9-33(25)37/h2-19H,21-22H2,1H3,(H,39,40)/b27-18+. The van der Waals surface area contributed by atoms with E-state index in [1.54, 1.807) is 24.3 Å². The predicted molar refractivity (Wildman–Crippen MR) is 172 cm³/mol. The molecule has 0 fully saturated rings. The Morgan fingerprint density at radius 3 is 2.48 bits per heavy atom. The van der Waals surface area contributed by atoms with Crippen molar-refractivity contribution in [2.24, 2.45) is 0 Å². The highest BCUT2D eigenvalue weighted by atomic mass is 79.9. The fourth-order valence-electron chi connectivity index (χ4n) is 4.46. The van der Waals surface area contributed by atoms with Gasteiger partial charge >= 0.3 is 0 Å². The maximum absolute atomic E-state index is 13.0. The van der Waals surface area contributed by atoms with Crippen molar-refractivity contribution in [2.45, 2.75) is 20.1 Å². The van der Waals surface area contributed by atoms with Gasteiger partial charge in [-0.3, -0.25) is 4.79 Å². The highest BCUT2D eigenvalue weighted by Gasteiger charge is 2.13. The van der Waals surface area contributed by atoms with Crippen molar-refractivity contribution in [3.05, 3.63) is 140 Å². The van der Waals surface area contributed by atoms with Gasteiger partial charge in [-0.2, -0.15) is 5.26 Å². The second kappa shape index (κ2) is 13.4. The lowest BCUT2D eigenvalue weighted by atomic mass is 10.0. The van der Waals surface area contributed by atoms with E-state index in [0.717, 1.165) is 31.9 Å². The third-order valence-electron chi connectivity index (χ3n) is 6.75. The van der Waals surface area contributed by atoms with E-state index in [1.807, 2.05) is 60.7 Å². The number of hydrogen-bond acceptors (Lipinski definition) is 4. The number of hydrogen-bond donors (Lipinski definition) is 1. The maximum atomic E-state index is 13.0. The molecular formula is C35H26BrClN2O3. The summed E-state index contributed by atoms with van der Waals surface area (Å²) < 4.78 is 12.9. The van der Waals surface area contributed by atoms with E-state index in [2.05, 4.69) is 52.4 Å². The number of anilines is 1. The summed E-state index contributed by atoms with van der Waals surface area (Å²) in [6, 6.07) is 34.3. The lowest BCUT2D eigenvalue weighted by Gasteiger charge is -2.14. The van der Waals surface area contributed by atoms with Crippen molar-refractivity contribution in [3.63, 3.8) is 0 Å². The fourth-order valence-corrected chi connectivity index (χ4v) is 5.03. The van der Waals surface area contributed by atoms with Gasteiger partial charge in [0.25, 0.3) is 5.91 Å². The number of carbonyl (C=O) groups excluding carboxylic acids is 1. The van der Waals surface area contributed by atoms with Crippen LogP contribution >= 0.6 is 27.5 Å². The van der Waals surface area contributed by atoms with Gasteiger partial charge in [-0.15, -0.1) is 0 Å². The Kier molecular flexibility index (Phi) is 9.23. The van der Waals surface area contributed by atoms with Gasteiger partial charge in [-0.25, -0.2) is 0 Å². The van der Waals surface area contributed by atoms with Crippen molar-refractivity contribution in [3.8, 4) is 17.6 Å². The maximum Gasteiger partial charge on any atom is 0.266 e. The second-order valence-corrected chi connectivity index (χ2v) is 10.9. The van der Waals surface area contributed by atoms with Gasteiger partial charge < -0.3 is 14.8 Å². The van der Waals surface area contributed by atoms with Crippen molar-refractivity contribution in [2.75, 3.05) is 5.32 Å². The van der Waals surface area contributed by atoms with Crippen LogP contribution in [0.4, 0.5) is 5.69 Å². The molecule has 0 spiro atoms. The number of fused-ring (bicyclic) bond motifs is 1. The van der Waals surface area contributed by atoms with Crippen LogP contribution in [0, 0.1) is 18.3 Å². The molecule has 0 aliphatic heterocycles. The lowest BCUT2D eigenvalue weighted by molar-refractivity contribution is -0.112. The number of nitrogens with zero attached hydrogens (tertiary/aromatic N) is 1. The average molecular weight is 638 g/mol. The van der Waals surface area contributed by atoms with Crippen LogP contribution in [0.25, 0.3) is 16.8 Å². The largest absolute Gasteiger partial charge is 0.489 e. The van der Waals surface area contributed by atoms with Crippen LogP contribution in [0.15, 0.2) is 113 Å². The summed E-state index contributed by atoms with van der Waals surface area (Å²) >= 11 is 9.69. The average Bonchev–Trinajstić information content (AvgIpc) is 3.00. The van der Waals surface area contributed by atoms with Gasteiger partial charge in [0.15, 0.2) is 0 Å². The number of nitrogens with one attached hydrogen (secondary N) is 1. The Morgan fingerprint density at radius 2 is 1.69 bits per heavy atom. The van der Waals surface area contributed by atoms with E-state index in [4.69, 9.17) is 21.1 Å². The second-order valence-electron chi connectivity index (χ2n) is 9.58. The zero-order valence-corrected chi connectivity index (χ0v) is 25.1. The minimum atomic E-state index is -0.530. The van der Waals surface area contributed by atoms with E-state index in [0.29, 0.717) is 41.0 Å². The van der Waals surface area contributed by atoms with Gasteiger partial charge in [0.2, 0.25) is 0 Å². The summed E-state index contributed by atoms with van der Waals surface area (Å²) in [5.74, 6) is 0.658. The first-order valence-electron chi connectivity index (χ1n) is 13.2. The number of halogens is 2. The molecule has 1 N–H and O–H groups in total. The topological polar surface area (TPSA) is 71.3 Å². The Hall–Kier alpha value is -4.57. The summed E-state index contributed by atoms with van der Waals surface area (Å²) in [6.45, 7) is 2.72. The minimum absolute atomic E-state index is 0.0571. The normalized spacial score (nSPS) is 11.1. The van der Waals surface area contributed by atoms with Gasteiger partial charge in [-0.05, 0) is 77.9 Å². The van der Waals surface area contributed by atoms with Gasteiger partial charge in [0.1, 0.15) is 36.4 Å². The zero-order chi connectivity index (χ0) is 29.5. The number of carbonyl (C=O) groups is 1. The number of benzene rings is 5. The SMILES string of the molecule is Cc1ccc2ccccc2c1COc1ccc(Br)cc1/C=C(\C#N)C(=O)Nc1ccc(OCc2ccccc2Cl)cc1. The van der Waals surface area contributed by atoms with E-state index >= 15 is 0 Å². The van der Waals surface area contributed by atoms with Gasteiger partial charge in [0, 0.05) is 31.9 Å². The highest BCUT2D eigenvalue weighted by molar-refractivity contribution is 9.10. The molecule has 0 heterocycles. The van der Waals surface area contributed by atoms with E-state index in [1.165, 1.54) is 6.08 Å². The number of rotatable bonds is 9. The van der Waals surface area contributed by atoms with Crippen LogP contribution in [-0.4, -0.2) is 5.91 Å². The molecule has 5 aromatic carbocycles. The monoisotopic (exact) mass is 636 g/mol. The predicted octanol–water partition coefficient (Wildman–Crippen LogP) is 9.27. The van der Waals surface area contributed by atoms with Crippen LogP contribution < -0.4 is 14.8 Å². The molecule has 0 atom stereocenters. The van der Waals surface area contributed by atoms with Crippen LogP contribution in [-0.2, 0) is 18.0 Å². The van der Waals surface area contributed by atoms with Crippen molar-refractivity contribution in [1.82, 2.24) is 0 Å². The molecule has 0 saturated heterocycles. The molecule has 0 aliphatic rings. The smallest absolute Gasteiger partial charge is 0.266 e. The third kappa shape index (κ3) is 7.01. The molecule has 0 saturated carbocycles. The van der Waals surface area contributed by atoms with Crippen LogP contribution in [0.3, 0.4) is 0 Å². The number of aryl methyl sites for hydroxylation is 1. The van der Waals surface area contributed by atoms with Crippen LogP contribution in [0.2, 0.25) is 5.02 Å².